The standard InChI is InChI=1S/C12H16FN3O3/c1-3-14-8(2)7-15-12(17)10-5-4-9(16(18)19)6-11(10)13/h4-6,8,14H,3,7H2,1-2H3,(H,15,17)/t8-/m1/s1. The molecule has 0 bridgehead atoms. The van der Waals surface area contributed by atoms with Crippen molar-refractivity contribution in [3.05, 3.63) is 39.7 Å². The van der Waals surface area contributed by atoms with Gasteiger partial charge in [-0.05, 0) is 19.5 Å². The van der Waals surface area contributed by atoms with Crippen molar-refractivity contribution < 1.29 is 14.1 Å². The summed E-state index contributed by atoms with van der Waals surface area (Å²) in [6.07, 6.45) is 0. The van der Waals surface area contributed by atoms with E-state index in [1.807, 2.05) is 13.8 Å². The number of likely N-dealkylation sites (N-methyl/N-ethyl adjacent to an activating group) is 1. The first-order valence-electron chi connectivity index (χ1n) is 5.91. The Morgan fingerprint density at radius 1 is 1.53 bits per heavy atom. The minimum Gasteiger partial charge on any atom is -0.350 e. The Labute approximate surface area is 110 Å². The molecule has 0 saturated carbocycles. The molecule has 0 aliphatic rings. The number of nitrogens with zero attached hydrogens (tertiary/aromatic N) is 1. The molecule has 0 radical (unpaired) electrons. The van der Waals surface area contributed by atoms with Crippen molar-refractivity contribution in [1.29, 1.82) is 0 Å². The highest BCUT2D eigenvalue weighted by atomic mass is 19.1. The van der Waals surface area contributed by atoms with Crippen molar-refractivity contribution in [2.75, 3.05) is 13.1 Å². The lowest BCUT2D eigenvalue weighted by Gasteiger charge is -2.13. The summed E-state index contributed by atoms with van der Waals surface area (Å²) in [5.74, 6) is -1.49. The van der Waals surface area contributed by atoms with E-state index in [0.717, 1.165) is 24.7 Å². The maximum Gasteiger partial charge on any atom is 0.272 e. The number of hydrogen-bond donors (Lipinski definition) is 2. The van der Waals surface area contributed by atoms with E-state index in [1.165, 1.54) is 0 Å². The van der Waals surface area contributed by atoms with Gasteiger partial charge < -0.3 is 10.6 Å². The van der Waals surface area contributed by atoms with E-state index in [9.17, 15) is 19.3 Å². The van der Waals surface area contributed by atoms with Crippen LogP contribution in [0.2, 0.25) is 0 Å². The number of halogens is 1. The van der Waals surface area contributed by atoms with Crippen LogP contribution in [0.4, 0.5) is 10.1 Å². The molecule has 6 nitrogen and oxygen atoms in total. The van der Waals surface area contributed by atoms with Crippen LogP contribution in [0.15, 0.2) is 18.2 Å². The van der Waals surface area contributed by atoms with Crippen molar-refractivity contribution in [3.8, 4) is 0 Å². The topological polar surface area (TPSA) is 84.3 Å². The average Bonchev–Trinajstić information content (AvgIpc) is 2.36. The smallest absolute Gasteiger partial charge is 0.272 e. The predicted molar refractivity (Wildman–Crippen MR) is 68.5 cm³/mol. The molecule has 0 heterocycles. The number of non-ortho nitro benzene ring substituents is 1. The van der Waals surface area contributed by atoms with Crippen molar-refractivity contribution in [2.24, 2.45) is 0 Å². The summed E-state index contributed by atoms with van der Waals surface area (Å²) >= 11 is 0. The van der Waals surface area contributed by atoms with Crippen molar-refractivity contribution in [1.82, 2.24) is 10.6 Å². The van der Waals surface area contributed by atoms with Gasteiger partial charge in [0.1, 0.15) is 5.82 Å². The summed E-state index contributed by atoms with van der Waals surface area (Å²) in [5.41, 5.74) is -0.579. The number of nitro groups is 1. The van der Waals surface area contributed by atoms with E-state index in [0.29, 0.717) is 6.54 Å². The Kier molecular flexibility index (Phi) is 5.37. The van der Waals surface area contributed by atoms with Crippen molar-refractivity contribution in [2.45, 2.75) is 19.9 Å². The fourth-order valence-electron chi connectivity index (χ4n) is 1.56. The summed E-state index contributed by atoms with van der Waals surface area (Å²) in [4.78, 5) is 21.4. The number of hydrogen-bond acceptors (Lipinski definition) is 4. The molecule has 0 aromatic heterocycles. The summed E-state index contributed by atoms with van der Waals surface area (Å²) in [6.45, 7) is 4.94. The lowest BCUT2D eigenvalue weighted by atomic mass is 10.1. The van der Waals surface area contributed by atoms with E-state index >= 15 is 0 Å². The number of carbonyl (C=O) groups is 1. The maximum atomic E-state index is 13.6. The van der Waals surface area contributed by atoms with Crippen LogP contribution in [0.3, 0.4) is 0 Å². The molecule has 1 aromatic rings. The molecular formula is C12H16FN3O3. The molecule has 1 rings (SSSR count). The zero-order chi connectivity index (χ0) is 14.4. The maximum absolute atomic E-state index is 13.6. The van der Waals surface area contributed by atoms with Crippen LogP contribution in [0.25, 0.3) is 0 Å². The van der Waals surface area contributed by atoms with Crippen LogP contribution in [0, 0.1) is 15.9 Å². The largest absolute Gasteiger partial charge is 0.350 e. The minimum atomic E-state index is -0.900. The van der Waals surface area contributed by atoms with E-state index in [2.05, 4.69) is 10.6 Å². The van der Waals surface area contributed by atoms with Gasteiger partial charge in [-0.15, -0.1) is 0 Å². The van der Waals surface area contributed by atoms with Crippen LogP contribution in [0.1, 0.15) is 24.2 Å². The first-order valence-corrected chi connectivity index (χ1v) is 5.91. The molecular weight excluding hydrogens is 253 g/mol. The third-order valence-corrected chi connectivity index (χ3v) is 2.53. The van der Waals surface area contributed by atoms with Gasteiger partial charge in [0.15, 0.2) is 0 Å². The quantitative estimate of drug-likeness (QED) is 0.605. The van der Waals surface area contributed by atoms with Gasteiger partial charge in [-0.3, -0.25) is 14.9 Å². The van der Waals surface area contributed by atoms with Crippen LogP contribution in [0.5, 0.6) is 0 Å². The third-order valence-electron chi connectivity index (χ3n) is 2.53. The van der Waals surface area contributed by atoms with Gasteiger partial charge in [-0.25, -0.2) is 4.39 Å². The molecule has 1 atom stereocenters. The summed E-state index contributed by atoms with van der Waals surface area (Å²) < 4.78 is 13.6. The summed E-state index contributed by atoms with van der Waals surface area (Å²) in [6, 6.07) is 3.02. The normalized spacial score (nSPS) is 11.9. The zero-order valence-corrected chi connectivity index (χ0v) is 10.8. The number of carbonyl (C=O) groups excluding carboxylic acids is 1. The highest BCUT2D eigenvalue weighted by Gasteiger charge is 2.16. The fourth-order valence-corrected chi connectivity index (χ4v) is 1.56. The summed E-state index contributed by atoms with van der Waals surface area (Å²) in [7, 11) is 0. The molecule has 19 heavy (non-hydrogen) atoms. The van der Waals surface area contributed by atoms with Gasteiger partial charge in [0, 0.05) is 18.7 Å². The Morgan fingerprint density at radius 2 is 2.21 bits per heavy atom. The summed E-state index contributed by atoms with van der Waals surface area (Å²) in [5, 5.41) is 16.1. The minimum absolute atomic E-state index is 0.0649. The molecule has 0 unspecified atom stereocenters. The third kappa shape index (κ3) is 4.29. The highest BCUT2D eigenvalue weighted by Crippen LogP contribution is 2.16. The van der Waals surface area contributed by atoms with Crippen molar-refractivity contribution >= 4 is 11.6 Å². The molecule has 0 aliphatic heterocycles. The zero-order valence-electron chi connectivity index (χ0n) is 10.8. The second-order valence-corrected chi connectivity index (χ2v) is 4.09. The van der Waals surface area contributed by atoms with Crippen LogP contribution >= 0.6 is 0 Å². The Hall–Kier alpha value is -2.02. The lowest BCUT2D eigenvalue weighted by molar-refractivity contribution is -0.385. The highest BCUT2D eigenvalue weighted by molar-refractivity contribution is 5.94. The fraction of sp³-hybridized carbons (Fsp3) is 0.417. The van der Waals surface area contributed by atoms with Crippen LogP contribution < -0.4 is 10.6 Å². The Balaban J connectivity index is 2.70. The molecule has 1 amide bonds. The Bertz CT molecular complexity index is 479. The molecule has 0 aliphatic carbocycles. The molecule has 0 fully saturated rings. The molecule has 2 N–H and O–H groups in total. The van der Waals surface area contributed by atoms with Gasteiger partial charge in [-0.1, -0.05) is 6.92 Å². The number of amides is 1. The lowest BCUT2D eigenvalue weighted by Crippen LogP contribution is -2.39. The predicted octanol–water partition coefficient (Wildman–Crippen LogP) is 1.46. The second-order valence-electron chi connectivity index (χ2n) is 4.09. The van der Waals surface area contributed by atoms with E-state index in [4.69, 9.17) is 0 Å². The Morgan fingerprint density at radius 3 is 2.74 bits per heavy atom. The van der Waals surface area contributed by atoms with E-state index in [-0.39, 0.29) is 17.3 Å². The molecule has 0 spiro atoms. The number of nitro benzene ring substituents is 1. The molecule has 0 saturated heterocycles. The number of rotatable bonds is 6. The average molecular weight is 269 g/mol. The van der Waals surface area contributed by atoms with Gasteiger partial charge in [-0.2, -0.15) is 0 Å². The molecule has 104 valence electrons. The van der Waals surface area contributed by atoms with Gasteiger partial charge in [0.2, 0.25) is 0 Å². The van der Waals surface area contributed by atoms with E-state index < -0.39 is 16.6 Å². The number of benzene rings is 1. The van der Waals surface area contributed by atoms with Gasteiger partial charge >= 0.3 is 0 Å². The number of nitrogens with one attached hydrogen (secondary N) is 2. The SMILES string of the molecule is CCN[C@H](C)CNC(=O)c1ccc([N+](=O)[O-])cc1F. The van der Waals surface area contributed by atoms with Crippen molar-refractivity contribution in [3.63, 3.8) is 0 Å². The van der Waals surface area contributed by atoms with E-state index in [1.54, 1.807) is 0 Å². The van der Waals surface area contributed by atoms with Gasteiger partial charge in [0.25, 0.3) is 11.6 Å². The first kappa shape index (κ1) is 15.0. The first-order chi connectivity index (χ1) is 8.95. The second kappa shape index (κ2) is 6.79. The van der Waals surface area contributed by atoms with Crippen LogP contribution in [-0.2, 0) is 0 Å². The molecule has 1 aromatic carbocycles. The monoisotopic (exact) mass is 269 g/mol. The van der Waals surface area contributed by atoms with Gasteiger partial charge in [0.05, 0.1) is 16.6 Å². The van der Waals surface area contributed by atoms with Crippen LogP contribution in [-0.4, -0.2) is 30.0 Å². The molecule has 7 heteroatoms.